The second kappa shape index (κ2) is 13.4. The van der Waals surface area contributed by atoms with Crippen LogP contribution in [0, 0.1) is 0 Å². The van der Waals surface area contributed by atoms with Gasteiger partial charge >= 0.3 is 11.9 Å². The molecule has 2 aliphatic heterocycles. The van der Waals surface area contributed by atoms with E-state index in [0.717, 1.165) is 23.0 Å². The zero-order chi connectivity index (χ0) is 15.1. The maximum absolute atomic E-state index is 10.4. The molecule has 11 heteroatoms. The van der Waals surface area contributed by atoms with Gasteiger partial charge in [-0.1, -0.05) is 12.2 Å². The van der Waals surface area contributed by atoms with Crippen molar-refractivity contribution in [2.75, 3.05) is 13.1 Å². The van der Waals surface area contributed by atoms with Crippen molar-refractivity contribution >= 4 is 11.9 Å². The molecule has 139 valence electrons. The molecule has 0 spiro atoms. The van der Waals surface area contributed by atoms with Crippen molar-refractivity contribution in [3.05, 3.63) is 12.2 Å². The van der Waals surface area contributed by atoms with Crippen LogP contribution in [0.15, 0.2) is 12.2 Å². The summed E-state index contributed by atoms with van der Waals surface area (Å²) >= 11 is 0. The molecule has 2 heterocycles. The van der Waals surface area contributed by atoms with Crippen LogP contribution in [0.2, 0.25) is 0 Å². The van der Waals surface area contributed by atoms with E-state index >= 15 is 0 Å². The summed E-state index contributed by atoms with van der Waals surface area (Å²) in [5, 5.41) is 36.6. The molecule has 0 amide bonds. The number of hydrogen-bond acceptors (Lipinski definition) is 6. The van der Waals surface area contributed by atoms with Crippen LogP contribution in [-0.4, -0.2) is 78.8 Å². The molecule has 10 nitrogen and oxygen atoms in total. The number of nitrogens with zero attached hydrogens (tertiary/aromatic N) is 2. The fourth-order valence-corrected chi connectivity index (χ4v) is 2.05. The van der Waals surface area contributed by atoms with Crippen molar-refractivity contribution < 1.29 is 57.9 Å². The van der Waals surface area contributed by atoms with Crippen LogP contribution in [0.3, 0.4) is 0 Å². The molecule has 1 saturated heterocycles. The Hall–Kier alpha value is -1.05. The minimum absolute atomic E-state index is 0. The number of carboxylic acid groups (broad SMARTS) is 2. The average Bonchev–Trinajstić information content (AvgIpc) is 2.40. The zero-order valence-corrected chi connectivity index (χ0v) is 13.4. The van der Waals surface area contributed by atoms with E-state index in [-0.39, 0.29) is 27.7 Å². The van der Waals surface area contributed by atoms with Crippen molar-refractivity contribution in [3.63, 3.8) is 0 Å². The minimum atomic E-state index is -0.980. The maximum atomic E-state index is 10.4. The first-order valence-electron chi connectivity index (χ1n) is 6.45. The zero-order valence-electron chi connectivity index (χ0n) is 12.4. The van der Waals surface area contributed by atoms with E-state index in [2.05, 4.69) is 0 Å². The van der Waals surface area contributed by atoms with Gasteiger partial charge in [-0.3, -0.25) is 9.59 Å². The Bertz CT molecular complexity index is 382. The number of piperidine rings is 1. The van der Waals surface area contributed by atoms with Gasteiger partial charge in [-0.25, -0.2) is 0 Å². The molecule has 2 aliphatic rings. The molecule has 0 aromatic rings. The van der Waals surface area contributed by atoms with Crippen molar-refractivity contribution in [3.8, 4) is 0 Å². The topological polar surface area (TPSA) is 185 Å². The van der Waals surface area contributed by atoms with Crippen molar-refractivity contribution in [1.82, 2.24) is 10.1 Å². The summed E-state index contributed by atoms with van der Waals surface area (Å²) in [5.74, 6) is -1.91. The van der Waals surface area contributed by atoms with Gasteiger partial charge in [0.05, 0.1) is 0 Å². The van der Waals surface area contributed by atoms with Gasteiger partial charge in [-0.15, -0.1) is 0 Å². The van der Waals surface area contributed by atoms with Gasteiger partial charge in [0, 0.05) is 29.9 Å². The Morgan fingerprint density at radius 2 is 1.48 bits per heavy atom. The Balaban J connectivity index is -0.000000308. The van der Waals surface area contributed by atoms with Gasteiger partial charge in [-0.2, -0.15) is 10.1 Å². The SMILES string of the molecule is O.O.O=C(O)C1CC=CCN1O.O=C(O)C1CCCCN1O.[Co]. The van der Waals surface area contributed by atoms with Crippen LogP contribution in [-0.2, 0) is 26.4 Å². The maximum Gasteiger partial charge on any atom is 0.323 e. The Morgan fingerprint density at radius 3 is 1.83 bits per heavy atom. The number of rotatable bonds is 2. The smallest absolute Gasteiger partial charge is 0.323 e. The molecule has 0 aromatic carbocycles. The van der Waals surface area contributed by atoms with Crippen molar-refractivity contribution in [1.29, 1.82) is 0 Å². The Labute approximate surface area is 143 Å². The van der Waals surface area contributed by atoms with Crippen LogP contribution in [0.25, 0.3) is 0 Å². The van der Waals surface area contributed by atoms with E-state index in [1.54, 1.807) is 12.2 Å². The molecule has 0 aromatic heterocycles. The molecule has 2 atom stereocenters. The third-order valence-corrected chi connectivity index (χ3v) is 3.22. The molecule has 0 saturated carbocycles. The first kappa shape index (κ1) is 26.8. The normalized spacial score (nSPS) is 23.9. The van der Waals surface area contributed by atoms with Gasteiger partial charge < -0.3 is 31.6 Å². The van der Waals surface area contributed by atoms with Gasteiger partial charge in [-0.05, 0) is 25.7 Å². The van der Waals surface area contributed by atoms with Crippen LogP contribution < -0.4 is 0 Å². The van der Waals surface area contributed by atoms with Crippen LogP contribution in [0.4, 0.5) is 0 Å². The standard InChI is InChI=1S/C6H11NO3.C6H9NO3.Co.2H2O/c2*8-6(9)5-3-1-2-4-7(5)10;;;/h5,10H,1-4H2,(H,8,9);1-2,5,10H,3-4H2,(H,8,9);;2*1H2. The minimum Gasteiger partial charge on any atom is -0.480 e. The van der Waals surface area contributed by atoms with E-state index in [1.807, 2.05) is 0 Å². The number of hydrogen-bond donors (Lipinski definition) is 4. The summed E-state index contributed by atoms with van der Waals surface area (Å²) in [6.07, 6.45) is 6.22. The first-order chi connectivity index (χ1) is 9.43. The summed E-state index contributed by atoms with van der Waals surface area (Å²) < 4.78 is 0. The summed E-state index contributed by atoms with van der Waals surface area (Å²) in [5.41, 5.74) is 0. The Morgan fingerprint density at radius 1 is 0.913 bits per heavy atom. The largest absolute Gasteiger partial charge is 0.480 e. The van der Waals surface area contributed by atoms with Gasteiger partial charge in [0.1, 0.15) is 12.1 Å². The molecule has 0 aliphatic carbocycles. The molecular weight excluding hydrogens is 359 g/mol. The van der Waals surface area contributed by atoms with E-state index in [1.165, 1.54) is 0 Å². The fourth-order valence-electron chi connectivity index (χ4n) is 2.05. The van der Waals surface area contributed by atoms with E-state index in [0.29, 0.717) is 25.9 Å². The van der Waals surface area contributed by atoms with E-state index in [4.69, 9.17) is 20.6 Å². The quantitative estimate of drug-likeness (QED) is 0.426. The molecule has 1 fully saturated rings. The third kappa shape index (κ3) is 8.97. The predicted molar refractivity (Wildman–Crippen MR) is 74.7 cm³/mol. The van der Waals surface area contributed by atoms with Crippen LogP contribution in [0.5, 0.6) is 0 Å². The second-order valence-electron chi connectivity index (χ2n) is 4.70. The summed E-state index contributed by atoms with van der Waals surface area (Å²) in [6, 6.07) is -1.43. The monoisotopic (exact) mass is 383 g/mol. The molecule has 0 bridgehead atoms. The van der Waals surface area contributed by atoms with Gasteiger partial charge in [0.15, 0.2) is 0 Å². The van der Waals surface area contributed by atoms with E-state index < -0.39 is 24.0 Å². The fraction of sp³-hybridized carbons (Fsp3) is 0.667. The van der Waals surface area contributed by atoms with Crippen LogP contribution >= 0.6 is 0 Å². The average molecular weight is 383 g/mol. The molecule has 1 radical (unpaired) electrons. The molecule has 23 heavy (non-hydrogen) atoms. The van der Waals surface area contributed by atoms with Gasteiger partial charge in [0.2, 0.25) is 0 Å². The number of carbonyl (C=O) groups is 2. The summed E-state index contributed by atoms with van der Waals surface area (Å²) in [4.78, 5) is 20.7. The summed E-state index contributed by atoms with van der Waals surface area (Å²) in [6.45, 7) is 0.786. The third-order valence-electron chi connectivity index (χ3n) is 3.22. The van der Waals surface area contributed by atoms with Gasteiger partial charge in [0.25, 0.3) is 0 Å². The predicted octanol–water partition coefficient (Wildman–Crippen LogP) is -1.25. The Kier molecular flexibility index (Phi) is 15.6. The van der Waals surface area contributed by atoms with Crippen molar-refractivity contribution in [2.24, 2.45) is 0 Å². The molecule has 8 N–H and O–H groups in total. The second-order valence-corrected chi connectivity index (χ2v) is 4.70. The van der Waals surface area contributed by atoms with Crippen molar-refractivity contribution in [2.45, 2.75) is 37.8 Å². The summed E-state index contributed by atoms with van der Waals surface area (Å²) in [7, 11) is 0. The molecule has 2 unspecified atom stereocenters. The number of hydroxylamine groups is 4. The number of carboxylic acids is 2. The van der Waals surface area contributed by atoms with E-state index in [9.17, 15) is 9.59 Å². The number of aliphatic carboxylic acids is 2. The first-order valence-corrected chi connectivity index (χ1v) is 6.45. The van der Waals surface area contributed by atoms with Crippen LogP contribution in [0.1, 0.15) is 25.7 Å². The molecule has 2 rings (SSSR count). The molecular formula is C12H24CoN2O8.